The standard InChI is InChI=1S/C13H18N2O2S/c14-13(17)12-8-10(16)9-15(12)6-7-18-11-4-2-1-3-5-11/h1-5,10,12,16H,6-9H2,(H2,14,17)/t10-,12+/m0/s1. The molecule has 1 aliphatic rings. The van der Waals surface area contributed by atoms with E-state index in [-0.39, 0.29) is 11.9 Å². The largest absolute Gasteiger partial charge is 0.392 e. The van der Waals surface area contributed by atoms with Crippen LogP contribution >= 0.6 is 11.8 Å². The highest BCUT2D eigenvalue weighted by molar-refractivity contribution is 7.99. The molecule has 1 saturated heterocycles. The first-order valence-corrected chi connectivity index (χ1v) is 7.04. The van der Waals surface area contributed by atoms with Crippen molar-refractivity contribution in [1.82, 2.24) is 4.90 Å². The van der Waals surface area contributed by atoms with Gasteiger partial charge in [-0.3, -0.25) is 9.69 Å². The van der Waals surface area contributed by atoms with Crippen molar-refractivity contribution in [2.45, 2.75) is 23.5 Å². The second kappa shape index (κ2) is 6.22. The molecule has 18 heavy (non-hydrogen) atoms. The number of aliphatic hydroxyl groups is 1. The number of β-amino-alcohol motifs (C(OH)–C–C–N with tert-alkyl or cyclic N) is 1. The Hall–Kier alpha value is -1.04. The molecule has 0 aliphatic carbocycles. The molecule has 1 fully saturated rings. The Morgan fingerprint density at radius 1 is 1.44 bits per heavy atom. The van der Waals surface area contributed by atoms with Gasteiger partial charge in [0.1, 0.15) is 0 Å². The molecular formula is C13H18N2O2S. The molecule has 4 nitrogen and oxygen atoms in total. The van der Waals surface area contributed by atoms with Crippen molar-refractivity contribution in [3.8, 4) is 0 Å². The highest BCUT2D eigenvalue weighted by Gasteiger charge is 2.34. The molecule has 0 unspecified atom stereocenters. The van der Waals surface area contributed by atoms with Gasteiger partial charge >= 0.3 is 0 Å². The van der Waals surface area contributed by atoms with E-state index in [9.17, 15) is 9.90 Å². The average molecular weight is 266 g/mol. The maximum absolute atomic E-state index is 11.3. The van der Waals surface area contributed by atoms with E-state index in [1.54, 1.807) is 11.8 Å². The minimum Gasteiger partial charge on any atom is -0.392 e. The zero-order valence-electron chi connectivity index (χ0n) is 10.2. The third kappa shape index (κ3) is 3.48. The van der Waals surface area contributed by atoms with E-state index < -0.39 is 6.10 Å². The molecule has 1 aromatic rings. The quantitative estimate of drug-likeness (QED) is 0.770. The first-order valence-electron chi connectivity index (χ1n) is 6.06. The summed E-state index contributed by atoms with van der Waals surface area (Å²) in [6, 6.07) is 9.83. The van der Waals surface area contributed by atoms with Gasteiger partial charge in [-0.1, -0.05) is 18.2 Å². The lowest BCUT2D eigenvalue weighted by atomic mass is 10.2. The summed E-state index contributed by atoms with van der Waals surface area (Å²) in [7, 11) is 0. The minimum atomic E-state index is -0.427. The van der Waals surface area contributed by atoms with E-state index in [4.69, 9.17) is 5.73 Å². The van der Waals surface area contributed by atoms with Gasteiger partial charge in [-0.15, -0.1) is 11.8 Å². The molecule has 3 N–H and O–H groups in total. The number of carbonyl (C=O) groups excluding carboxylic acids is 1. The topological polar surface area (TPSA) is 66.6 Å². The predicted octanol–water partition coefficient (Wildman–Crippen LogP) is 0.699. The summed E-state index contributed by atoms with van der Waals surface area (Å²) in [5.74, 6) is 0.553. The number of amides is 1. The van der Waals surface area contributed by atoms with Crippen LogP contribution < -0.4 is 5.73 Å². The van der Waals surface area contributed by atoms with Crippen molar-refractivity contribution in [3.05, 3.63) is 30.3 Å². The fraction of sp³-hybridized carbons (Fsp3) is 0.462. The summed E-state index contributed by atoms with van der Waals surface area (Å²) in [5.41, 5.74) is 5.33. The molecule has 1 aromatic carbocycles. The Balaban J connectivity index is 1.81. The Labute approximate surface area is 111 Å². The molecule has 0 radical (unpaired) electrons. The van der Waals surface area contributed by atoms with Crippen molar-refractivity contribution < 1.29 is 9.90 Å². The maximum Gasteiger partial charge on any atom is 0.234 e. The number of carbonyl (C=O) groups is 1. The summed E-state index contributed by atoms with van der Waals surface area (Å²) in [6.07, 6.45) is 0.0370. The minimum absolute atomic E-state index is 0.309. The number of nitrogens with zero attached hydrogens (tertiary/aromatic N) is 1. The number of aliphatic hydroxyl groups excluding tert-OH is 1. The van der Waals surface area contributed by atoms with Gasteiger partial charge in [0, 0.05) is 23.7 Å². The molecule has 0 aromatic heterocycles. The first-order chi connectivity index (χ1) is 8.66. The van der Waals surface area contributed by atoms with E-state index in [0.29, 0.717) is 13.0 Å². The van der Waals surface area contributed by atoms with Crippen molar-refractivity contribution in [2.75, 3.05) is 18.8 Å². The SMILES string of the molecule is NC(=O)[C@H]1C[C@H](O)CN1CCSc1ccccc1. The van der Waals surface area contributed by atoms with Gasteiger partial charge in [0.05, 0.1) is 12.1 Å². The number of thioether (sulfide) groups is 1. The number of hydrogen-bond donors (Lipinski definition) is 2. The fourth-order valence-electron chi connectivity index (χ4n) is 2.22. The molecule has 98 valence electrons. The molecule has 0 saturated carbocycles. The van der Waals surface area contributed by atoms with E-state index in [1.165, 1.54) is 4.90 Å². The molecule has 1 aliphatic heterocycles. The second-order valence-electron chi connectivity index (χ2n) is 4.46. The van der Waals surface area contributed by atoms with Crippen molar-refractivity contribution in [3.63, 3.8) is 0 Å². The maximum atomic E-state index is 11.3. The van der Waals surface area contributed by atoms with Crippen molar-refractivity contribution in [1.29, 1.82) is 0 Å². The number of rotatable bonds is 5. The summed E-state index contributed by atoms with van der Waals surface area (Å²) in [6.45, 7) is 1.31. The third-order valence-corrected chi connectivity index (χ3v) is 4.09. The van der Waals surface area contributed by atoms with Crippen LogP contribution in [0, 0.1) is 0 Å². The van der Waals surface area contributed by atoms with Crippen LogP contribution in [0.15, 0.2) is 35.2 Å². The number of nitrogens with two attached hydrogens (primary N) is 1. The second-order valence-corrected chi connectivity index (χ2v) is 5.63. The molecule has 2 rings (SSSR count). The van der Waals surface area contributed by atoms with Crippen LogP contribution in [0.5, 0.6) is 0 Å². The van der Waals surface area contributed by atoms with Gasteiger partial charge in [0.15, 0.2) is 0 Å². The third-order valence-electron chi connectivity index (χ3n) is 3.10. The molecule has 5 heteroatoms. The zero-order valence-corrected chi connectivity index (χ0v) is 11.0. The van der Waals surface area contributed by atoms with E-state index in [1.807, 2.05) is 23.1 Å². The molecule has 0 bridgehead atoms. The summed E-state index contributed by atoms with van der Waals surface area (Å²) < 4.78 is 0. The van der Waals surface area contributed by atoms with E-state index in [2.05, 4.69) is 12.1 Å². The normalized spacial score (nSPS) is 24.3. The van der Waals surface area contributed by atoms with Crippen LogP contribution in [0.4, 0.5) is 0 Å². The average Bonchev–Trinajstić information content (AvgIpc) is 2.72. The van der Waals surface area contributed by atoms with Gasteiger partial charge in [-0.25, -0.2) is 0 Å². The van der Waals surface area contributed by atoms with E-state index >= 15 is 0 Å². The Kier molecular flexibility index (Phi) is 4.63. The molecule has 1 amide bonds. The number of likely N-dealkylation sites (tertiary alicyclic amines) is 1. The number of primary amides is 1. The van der Waals surface area contributed by atoms with Crippen LogP contribution in [0.2, 0.25) is 0 Å². The highest BCUT2D eigenvalue weighted by Crippen LogP contribution is 2.21. The van der Waals surface area contributed by atoms with Crippen molar-refractivity contribution in [2.24, 2.45) is 5.73 Å². The van der Waals surface area contributed by atoms with Gasteiger partial charge in [-0.05, 0) is 18.6 Å². The van der Waals surface area contributed by atoms with Crippen LogP contribution in [-0.2, 0) is 4.79 Å². The summed E-state index contributed by atoms with van der Waals surface area (Å²) in [5, 5.41) is 9.58. The number of hydrogen-bond acceptors (Lipinski definition) is 4. The molecule has 2 atom stereocenters. The van der Waals surface area contributed by atoms with Crippen LogP contribution in [0.25, 0.3) is 0 Å². The van der Waals surface area contributed by atoms with Gasteiger partial charge in [-0.2, -0.15) is 0 Å². The zero-order chi connectivity index (χ0) is 13.0. The smallest absolute Gasteiger partial charge is 0.234 e. The van der Waals surface area contributed by atoms with Gasteiger partial charge in [0.25, 0.3) is 0 Å². The van der Waals surface area contributed by atoms with Crippen LogP contribution in [0.1, 0.15) is 6.42 Å². The van der Waals surface area contributed by atoms with Gasteiger partial charge in [0.2, 0.25) is 5.91 Å². The van der Waals surface area contributed by atoms with Crippen molar-refractivity contribution >= 4 is 17.7 Å². The lowest BCUT2D eigenvalue weighted by molar-refractivity contribution is -0.122. The Bertz CT molecular complexity index is 399. The lowest BCUT2D eigenvalue weighted by Crippen LogP contribution is -2.41. The monoisotopic (exact) mass is 266 g/mol. The molecular weight excluding hydrogens is 248 g/mol. The highest BCUT2D eigenvalue weighted by atomic mass is 32.2. The fourth-order valence-corrected chi connectivity index (χ4v) is 3.13. The summed E-state index contributed by atoms with van der Waals surface area (Å²) >= 11 is 1.75. The molecule has 1 heterocycles. The predicted molar refractivity (Wildman–Crippen MR) is 72.3 cm³/mol. The Morgan fingerprint density at radius 2 is 2.17 bits per heavy atom. The number of benzene rings is 1. The van der Waals surface area contributed by atoms with Gasteiger partial charge < -0.3 is 10.8 Å². The van der Waals surface area contributed by atoms with Crippen LogP contribution in [-0.4, -0.2) is 46.9 Å². The Morgan fingerprint density at radius 3 is 2.83 bits per heavy atom. The van der Waals surface area contributed by atoms with Crippen LogP contribution in [0.3, 0.4) is 0 Å². The van der Waals surface area contributed by atoms with E-state index in [0.717, 1.165) is 12.3 Å². The lowest BCUT2D eigenvalue weighted by Gasteiger charge is -2.20. The molecule has 0 spiro atoms. The summed E-state index contributed by atoms with van der Waals surface area (Å²) in [4.78, 5) is 14.4. The first kappa shape index (κ1) is 13.4.